The first-order valence-electron chi connectivity index (χ1n) is 8.62. The molecule has 134 valence electrons. The minimum atomic E-state index is -0.0632. The molecule has 3 aromatic heterocycles. The molecule has 3 aromatic rings. The van der Waals surface area contributed by atoms with Crippen LogP contribution in [0.5, 0.6) is 0 Å². The number of carbonyl (C=O) groups is 1. The summed E-state index contributed by atoms with van der Waals surface area (Å²) in [5.41, 5.74) is 2.17. The zero-order valence-electron chi connectivity index (χ0n) is 14.5. The van der Waals surface area contributed by atoms with Gasteiger partial charge in [-0.1, -0.05) is 5.16 Å². The van der Waals surface area contributed by atoms with Crippen LogP contribution < -0.4 is 0 Å². The fourth-order valence-corrected chi connectivity index (χ4v) is 3.81. The van der Waals surface area contributed by atoms with Crippen LogP contribution in [0.15, 0.2) is 33.7 Å². The summed E-state index contributed by atoms with van der Waals surface area (Å²) in [4.78, 5) is 27.3. The third kappa shape index (κ3) is 3.65. The molecule has 0 aromatic carbocycles. The van der Waals surface area contributed by atoms with Gasteiger partial charge in [-0.3, -0.25) is 9.78 Å². The SMILES string of the molecule is Cc1cnc(C(=O)N2CCCC(Cc3nc(-c4ccsc4)no3)C2)cn1. The Morgan fingerprint density at radius 2 is 2.31 bits per heavy atom. The number of amides is 1. The van der Waals surface area contributed by atoms with E-state index in [2.05, 4.69) is 20.1 Å². The molecule has 0 saturated carbocycles. The van der Waals surface area contributed by atoms with Gasteiger partial charge in [0.15, 0.2) is 0 Å². The summed E-state index contributed by atoms with van der Waals surface area (Å²) in [7, 11) is 0. The maximum Gasteiger partial charge on any atom is 0.274 e. The molecule has 1 amide bonds. The van der Waals surface area contributed by atoms with Crippen LogP contribution in [0, 0.1) is 12.8 Å². The Morgan fingerprint density at radius 3 is 3.08 bits per heavy atom. The molecular weight excluding hydrogens is 350 g/mol. The smallest absolute Gasteiger partial charge is 0.274 e. The lowest BCUT2D eigenvalue weighted by Crippen LogP contribution is -2.41. The monoisotopic (exact) mass is 369 g/mol. The normalized spacial score (nSPS) is 17.4. The molecule has 1 unspecified atom stereocenters. The van der Waals surface area contributed by atoms with Crippen LogP contribution in [0.3, 0.4) is 0 Å². The quantitative estimate of drug-likeness (QED) is 0.703. The Balaban J connectivity index is 1.40. The number of aryl methyl sites for hydroxylation is 1. The lowest BCUT2D eigenvalue weighted by Gasteiger charge is -2.31. The number of aromatic nitrogens is 4. The van der Waals surface area contributed by atoms with Crippen LogP contribution in [0.1, 0.15) is 34.9 Å². The van der Waals surface area contributed by atoms with Crippen LogP contribution >= 0.6 is 11.3 Å². The van der Waals surface area contributed by atoms with Gasteiger partial charge in [0.05, 0.1) is 11.9 Å². The largest absolute Gasteiger partial charge is 0.339 e. The van der Waals surface area contributed by atoms with Crippen molar-refractivity contribution >= 4 is 17.2 Å². The van der Waals surface area contributed by atoms with Crippen LogP contribution in [0.25, 0.3) is 11.4 Å². The molecule has 4 rings (SSSR count). The van der Waals surface area contributed by atoms with Gasteiger partial charge >= 0.3 is 0 Å². The Kier molecular flexibility index (Phi) is 4.75. The fraction of sp³-hybridized carbons (Fsp3) is 0.389. The van der Waals surface area contributed by atoms with Crippen molar-refractivity contribution < 1.29 is 9.32 Å². The molecule has 0 radical (unpaired) electrons. The highest BCUT2D eigenvalue weighted by atomic mass is 32.1. The van der Waals surface area contributed by atoms with Gasteiger partial charge in [-0.15, -0.1) is 0 Å². The summed E-state index contributed by atoms with van der Waals surface area (Å²) >= 11 is 1.60. The van der Waals surface area contributed by atoms with Gasteiger partial charge in [0, 0.05) is 36.7 Å². The van der Waals surface area contributed by atoms with Crippen molar-refractivity contribution in [2.45, 2.75) is 26.2 Å². The first-order valence-corrected chi connectivity index (χ1v) is 9.56. The Morgan fingerprint density at radius 1 is 1.38 bits per heavy atom. The maximum absolute atomic E-state index is 12.6. The molecule has 1 saturated heterocycles. The Labute approximate surface area is 155 Å². The van der Waals surface area contributed by atoms with E-state index >= 15 is 0 Å². The molecule has 0 bridgehead atoms. The average molecular weight is 369 g/mol. The number of rotatable bonds is 4. The van der Waals surface area contributed by atoms with Crippen LogP contribution in [-0.2, 0) is 6.42 Å². The molecule has 1 fully saturated rings. The highest BCUT2D eigenvalue weighted by Gasteiger charge is 2.27. The Hall–Kier alpha value is -2.61. The summed E-state index contributed by atoms with van der Waals surface area (Å²) in [5, 5.41) is 8.04. The summed E-state index contributed by atoms with van der Waals surface area (Å²) in [5.74, 6) is 1.49. The van der Waals surface area contributed by atoms with Gasteiger partial charge in [-0.05, 0) is 37.1 Å². The molecule has 7 nitrogen and oxygen atoms in total. The zero-order valence-corrected chi connectivity index (χ0v) is 15.3. The number of hydrogen-bond donors (Lipinski definition) is 0. The molecule has 1 aliphatic heterocycles. The van der Waals surface area contributed by atoms with Gasteiger partial charge in [-0.2, -0.15) is 16.3 Å². The second-order valence-electron chi connectivity index (χ2n) is 6.53. The summed E-state index contributed by atoms with van der Waals surface area (Å²) in [6.07, 6.45) is 5.85. The van der Waals surface area contributed by atoms with Gasteiger partial charge in [0.2, 0.25) is 11.7 Å². The first-order chi connectivity index (χ1) is 12.7. The lowest BCUT2D eigenvalue weighted by atomic mass is 9.94. The van der Waals surface area contributed by atoms with Gasteiger partial charge < -0.3 is 9.42 Å². The zero-order chi connectivity index (χ0) is 17.9. The number of hydrogen-bond acceptors (Lipinski definition) is 7. The van der Waals surface area contributed by atoms with Crippen LogP contribution in [-0.4, -0.2) is 44.0 Å². The first kappa shape index (κ1) is 16.8. The number of carbonyl (C=O) groups excluding carboxylic acids is 1. The van der Waals surface area contributed by atoms with Crippen molar-refractivity contribution in [3.8, 4) is 11.4 Å². The van der Waals surface area contributed by atoms with Gasteiger partial charge in [-0.25, -0.2) is 4.98 Å². The molecule has 0 aliphatic carbocycles. The minimum absolute atomic E-state index is 0.0632. The molecule has 26 heavy (non-hydrogen) atoms. The van der Waals surface area contributed by atoms with E-state index in [-0.39, 0.29) is 5.91 Å². The lowest BCUT2D eigenvalue weighted by molar-refractivity contribution is 0.0661. The van der Waals surface area contributed by atoms with E-state index in [9.17, 15) is 4.79 Å². The summed E-state index contributed by atoms with van der Waals surface area (Å²) in [6, 6.07) is 1.98. The molecule has 8 heteroatoms. The fourth-order valence-electron chi connectivity index (χ4n) is 3.17. The van der Waals surface area contributed by atoms with Crippen LogP contribution in [0.4, 0.5) is 0 Å². The molecular formula is C18H19N5O2S. The highest BCUT2D eigenvalue weighted by Crippen LogP contribution is 2.23. The minimum Gasteiger partial charge on any atom is -0.339 e. The van der Waals surface area contributed by atoms with E-state index < -0.39 is 0 Å². The predicted molar refractivity (Wildman–Crippen MR) is 96.7 cm³/mol. The van der Waals surface area contributed by atoms with E-state index in [1.165, 1.54) is 0 Å². The molecule has 0 N–H and O–H groups in total. The third-order valence-electron chi connectivity index (χ3n) is 4.52. The number of piperidine rings is 1. The maximum atomic E-state index is 12.6. The van der Waals surface area contributed by atoms with E-state index in [0.717, 1.165) is 30.6 Å². The molecule has 1 aliphatic rings. The van der Waals surface area contributed by atoms with Crippen molar-refractivity contribution in [1.29, 1.82) is 0 Å². The van der Waals surface area contributed by atoms with Crippen molar-refractivity contribution in [3.05, 3.63) is 46.5 Å². The van der Waals surface area contributed by atoms with Crippen molar-refractivity contribution in [2.75, 3.05) is 13.1 Å². The summed E-state index contributed by atoms with van der Waals surface area (Å²) in [6.45, 7) is 3.27. The molecule has 4 heterocycles. The number of thiophene rings is 1. The van der Waals surface area contributed by atoms with Gasteiger partial charge in [0.25, 0.3) is 5.91 Å². The summed E-state index contributed by atoms with van der Waals surface area (Å²) < 4.78 is 5.40. The van der Waals surface area contributed by atoms with Gasteiger partial charge in [0.1, 0.15) is 5.69 Å². The third-order valence-corrected chi connectivity index (χ3v) is 5.20. The number of nitrogens with zero attached hydrogens (tertiary/aromatic N) is 5. The van der Waals surface area contributed by atoms with Crippen molar-refractivity contribution in [2.24, 2.45) is 5.92 Å². The standard InChI is InChI=1S/C18H19N5O2S/c1-12-8-20-15(9-19-12)18(24)23-5-2-3-13(10-23)7-16-21-17(22-25-16)14-4-6-26-11-14/h4,6,8-9,11,13H,2-3,5,7,10H2,1H3. The second kappa shape index (κ2) is 7.33. The predicted octanol–water partition coefficient (Wildman–Crippen LogP) is 2.99. The Bertz CT molecular complexity index is 875. The highest BCUT2D eigenvalue weighted by molar-refractivity contribution is 7.08. The average Bonchev–Trinajstić information content (AvgIpc) is 3.34. The van der Waals surface area contributed by atoms with Crippen molar-refractivity contribution in [1.82, 2.24) is 25.0 Å². The molecule has 1 atom stereocenters. The van der Waals surface area contributed by atoms with E-state index in [0.29, 0.717) is 36.3 Å². The second-order valence-corrected chi connectivity index (χ2v) is 7.31. The molecule has 0 spiro atoms. The number of likely N-dealkylation sites (tertiary alicyclic amines) is 1. The van der Waals surface area contributed by atoms with E-state index in [1.54, 1.807) is 23.7 Å². The van der Waals surface area contributed by atoms with E-state index in [4.69, 9.17) is 4.52 Å². The van der Waals surface area contributed by atoms with Crippen molar-refractivity contribution in [3.63, 3.8) is 0 Å². The van der Waals surface area contributed by atoms with E-state index in [1.807, 2.05) is 28.7 Å². The van der Waals surface area contributed by atoms with Crippen LogP contribution in [0.2, 0.25) is 0 Å². The topological polar surface area (TPSA) is 85.0 Å².